The summed E-state index contributed by atoms with van der Waals surface area (Å²) in [4.78, 5) is 0. The normalized spacial score (nSPS) is 15.9. The van der Waals surface area contributed by atoms with Crippen molar-refractivity contribution in [2.45, 2.75) is 33.6 Å². The lowest BCUT2D eigenvalue weighted by molar-refractivity contribution is 0.691. The number of aryl methyl sites for hydroxylation is 4. The molecular weight excluding hydrogens is 336 g/mol. The molecule has 0 aromatic heterocycles. The molecule has 0 fully saturated rings. The van der Waals surface area contributed by atoms with E-state index in [2.05, 4.69) is 113 Å². The summed E-state index contributed by atoms with van der Waals surface area (Å²) in [5.74, 6) is 0.687. The maximum absolute atomic E-state index is 2.44. The molecule has 3 aromatic rings. The van der Waals surface area contributed by atoms with Gasteiger partial charge in [-0.3, -0.25) is 0 Å². The lowest BCUT2D eigenvalue weighted by atomic mass is 9.79. The smallest absolute Gasteiger partial charge is 0.0188 e. The van der Waals surface area contributed by atoms with Gasteiger partial charge in [0.1, 0.15) is 0 Å². The van der Waals surface area contributed by atoms with Crippen molar-refractivity contribution >= 4 is 5.57 Å². The molecular formula is C28H28. The lowest BCUT2D eigenvalue weighted by Crippen LogP contribution is -2.11. The highest BCUT2D eigenvalue weighted by atomic mass is 14.3. The van der Waals surface area contributed by atoms with Gasteiger partial charge in [-0.15, -0.1) is 0 Å². The summed E-state index contributed by atoms with van der Waals surface area (Å²) in [7, 11) is 0. The van der Waals surface area contributed by atoms with Crippen molar-refractivity contribution in [2.75, 3.05) is 0 Å². The van der Waals surface area contributed by atoms with Crippen LogP contribution in [0.4, 0.5) is 0 Å². The molecule has 0 spiro atoms. The van der Waals surface area contributed by atoms with Gasteiger partial charge in [-0.25, -0.2) is 0 Å². The lowest BCUT2D eigenvalue weighted by Gasteiger charge is -2.24. The third-order valence-corrected chi connectivity index (χ3v) is 5.57. The van der Waals surface area contributed by atoms with Gasteiger partial charge in [0, 0.05) is 11.8 Å². The summed E-state index contributed by atoms with van der Waals surface area (Å²) >= 11 is 0. The molecule has 4 rings (SSSR count). The highest BCUT2D eigenvalue weighted by Crippen LogP contribution is 2.40. The summed E-state index contributed by atoms with van der Waals surface area (Å²) in [6, 6.07) is 24.7. The molecule has 3 aromatic carbocycles. The van der Waals surface area contributed by atoms with Crippen molar-refractivity contribution in [1.29, 1.82) is 0 Å². The number of allylic oxidation sites excluding steroid dienone is 4. The van der Waals surface area contributed by atoms with Crippen molar-refractivity contribution in [2.24, 2.45) is 5.92 Å². The van der Waals surface area contributed by atoms with Gasteiger partial charge in [-0.05, 0) is 50.0 Å². The van der Waals surface area contributed by atoms with Crippen LogP contribution in [0.5, 0.6) is 0 Å². The first-order valence-corrected chi connectivity index (χ1v) is 10.1. The average molecular weight is 365 g/mol. The van der Waals surface area contributed by atoms with Gasteiger partial charge in [0.25, 0.3) is 0 Å². The molecule has 0 saturated heterocycles. The molecule has 0 radical (unpaired) electrons. The Morgan fingerprint density at radius 1 is 0.643 bits per heavy atom. The van der Waals surface area contributed by atoms with Crippen LogP contribution in [-0.4, -0.2) is 0 Å². The monoisotopic (exact) mass is 364 g/mol. The van der Waals surface area contributed by atoms with E-state index in [1.807, 2.05) is 0 Å². The van der Waals surface area contributed by atoms with E-state index >= 15 is 0 Å². The number of rotatable bonds is 4. The minimum Gasteiger partial charge on any atom is -0.0760 e. The Morgan fingerprint density at radius 2 is 1.14 bits per heavy atom. The molecule has 0 nitrogen and oxygen atoms in total. The van der Waals surface area contributed by atoms with Gasteiger partial charge in [0.15, 0.2) is 0 Å². The van der Waals surface area contributed by atoms with Crippen LogP contribution in [0.25, 0.3) is 5.57 Å². The van der Waals surface area contributed by atoms with Crippen LogP contribution in [0, 0.1) is 33.6 Å². The van der Waals surface area contributed by atoms with Gasteiger partial charge >= 0.3 is 0 Å². The van der Waals surface area contributed by atoms with Crippen molar-refractivity contribution < 1.29 is 0 Å². The average Bonchev–Trinajstić information content (AvgIpc) is 3.11. The Bertz CT molecular complexity index is 959. The quantitative estimate of drug-likeness (QED) is 0.455. The molecule has 28 heavy (non-hydrogen) atoms. The molecule has 0 heteroatoms. The maximum atomic E-state index is 2.44. The van der Waals surface area contributed by atoms with Gasteiger partial charge in [-0.2, -0.15) is 0 Å². The number of hydrogen-bond donors (Lipinski definition) is 0. The van der Waals surface area contributed by atoms with E-state index in [4.69, 9.17) is 0 Å². The Morgan fingerprint density at radius 3 is 1.64 bits per heavy atom. The van der Waals surface area contributed by atoms with Crippen LogP contribution in [0.15, 0.2) is 85.0 Å². The topological polar surface area (TPSA) is 0 Å². The van der Waals surface area contributed by atoms with E-state index in [0.29, 0.717) is 11.8 Å². The van der Waals surface area contributed by atoms with Gasteiger partial charge < -0.3 is 0 Å². The summed E-state index contributed by atoms with van der Waals surface area (Å²) in [6.07, 6.45) is 7.11. The molecule has 0 bridgehead atoms. The van der Waals surface area contributed by atoms with E-state index in [1.54, 1.807) is 0 Å². The SMILES string of the molecule is Cc1cc(C)cc(C(c2cc(C)cc(C)c2)C2C=CC(c3ccccc3)=C2)c1. The molecule has 140 valence electrons. The van der Waals surface area contributed by atoms with Crippen molar-refractivity contribution in [3.63, 3.8) is 0 Å². The molecule has 0 saturated carbocycles. The van der Waals surface area contributed by atoms with E-state index in [-0.39, 0.29) is 0 Å². The highest BCUT2D eigenvalue weighted by molar-refractivity contribution is 5.77. The Hall–Kier alpha value is -2.86. The molecule has 0 N–H and O–H groups in total. The Labute approximate surface area is 169 Å². The second kappa shape index (κ2) is 7.64. The van der Waals surface area contributed by atoms with E-state index < -0.39 is 0 Å². The first kappa shape index (κ1) is 18.5. The zero-order chi connectivity index (χ0) is 19.7. The minimum absolute atomic E-state index is 0.328. The van der Waals surface area contributed by atoms with Crippen LogP contribution in [0.2, 0.25) is 0 Å². The second-order valence-electron chi connectivity index (χ2n) is 8.24. The molecule has 0 aliphatic heterocycles. The van der Waals surface area contributed by atoms with E-state index in [1.165, 1.54) is 44.5 Å². The predicted octanol–water partition coefficient (Wildman–Crippen LogP) is 7.32. The van der Waals surface area contributed by atoms with Crippen LogP contribution in [0.3, 0.4) is 0 Å². The number of hydrogen-bond acceptors (Lipinski definition) is 0. The van der Waals surface area contributed by atoms with E-state index in [9.17, 15) is 0 Å². The van der Waals surface area contributed by atoms with Crippen LogP contribution < -0.4 is 0 Å². The maximum Gasteiger partial charge on any atom is 0.0188 e. The predicted molar refractivity (Wildman–Crippen MR) is 121 cm³/mol. The minimum atomic E-state index is 0.328. The van der Waals surface area contributed by atoms with Crippen LogP contribution >= 0.6 is 0 Å². The van der Waals surface area contributed by atoms with E-state index in [0.717, 1.165) is 0 Å². The van der Waals surface area contributed by atoms with Crippen molar-refractivity contribution in [1.82, 2.24) is 0 Å². The molecule has 0 amide bonds. The standard InChI is InChI=1S/C28H28/c1-19-12-20(2)15-26(14-19)28(27-16-21(3)13-22(4)17-27)25-11-10-24(18-25)23-8-6-5-7-9-23/h5-18,25,28H,1-4H3. The summed E-state index contributed by atoms with van der Waals surface area (Å²) in [5.41, 5.74) is 10.8. The largest absolute Gasteiger partial charge is 0.0760 e. The number of benzene rings is 3. The fraction of sp³-hybridized carbons (Fsp3) is 0.214. The Kier molecular flexibility index (Phi) is 5.05. The van der Waals surface area contributed by atoms with Crippen molar-refractivity contribution in [3.05, 3.63) is 124 Å². The first-order chi connectivity index (χ1) is 13.5. The zero-order valence-corrected chi connectivity index (χ0v) is 17.2. The van der Waals surface area contributed by atoms with Crippen LogP contribution in [-0.2, 0) is 0 Å². The van der Waals surface area contributed by atoms with Crippen molar-refractivity contribution in [3.8, 4) is 0 Å². The molecule has 1 unspecified atom stereocenters. The molecule has 1 atom stereocenters. The van der Waals surface area contributed by atoms with Gasteiger partial charge in [0.2, 0.25) is 0 Å². The molecule has 1 aliphatic carbocycles. The molecule has 0 heterocycles. The Balaban J connectivity index is 1.82. The highest BCUT2D eigenvalue weighted by Gasteiger charge is 2.25. The third kappa shape index (κ3) is 3.87. The molecule has 1 aliphatic rings. The fourth-order valence-corrected chi connectivity index (χ4v) is 4.58. The third-order valence-electron chi connectivity index (χ3n) is 5.57. The zero-order valence-electron chi connectivity index (χ0n) is 17.2. The van der Waals surface area contributed by atoms with Crippen LogP contribution in [0.1, 0.15) is 44.9 Å². The van der Waals surface area contributed by atoms with Gasteiger partial charge in [-0.1, -0.05) is 107 Å². The summed E-state index contributed by atoms with van der Waals surface area (Å²) < 4.78 is 0. The fourth-order valence-electron chi connectivity index (χ4n) is 4.58. The second-order valence-corrected chi connectivity index (χ2v) is 8.24. The van der Waals surface area contributed by atoms with Gasteiger partial charge in [0.05, 0.1) is 0 Å². The summed E-state index contributed by atoms with van der Waals surface area (Å²) in [6.45, 7) is 8.80. The first-order valence-electron chi connectivity index (χ1n) is 10.1. The summed E-state index contributed by atoms with van der Waals surface area (Å²) in [5, 5.41) is 0.